The van der Waals surface area contributed by atoms with Crippen LogP contribution in [0.3, 0.4) is 0 Å². The van der Waals surface area contributed by atoms with Crippen molar-refractivity contribution >= 4 is 12.0 Å². The van der Waals surface area contributed by atoms with Crippen LogP contribution in [0.15, 0.2) is 42.5 Å². The summed E-state index contributed by atoms with van der Waals surface area (Å²) in [5.41, 5.74) is 3.05. The third kappa shape index (κ3) is 6.63. The lowest BCUT2D eigenvalue weighted by Crippen LogP contribution is -2.23. The van der Waals surface area contributed by atoms with Crippen molar-refractivity contribution in [3.63, 3.8) is 0 Å². The van der Waals surface area contributed by atoms with Gasteiger partial charge in [0.2, 0.25) is 5.82 Å². The molecular weight excluding hydrogens is 414 g/mol. The monoisotopic (exact) mass is 444 g/mol. The number of ether oxygens (including phenoxy) is 1. The molecule has 0 spiro atoms. The molecule has 172 valence electrons. The molecule has 0 bridgehead atoms. The highest BCUT2D eigenvalue weighted by molar-refractivity contribution is 5.85. The highest BCUT2D eigenvalue weighted by Crippen LogP contribution is 2.38. The van der Waals surface area contributed by atoms with E-state index in [1.54, 1.807) is 0 Å². The van der Waals surface area contributed by atoms with Gasteiger partial charge in [-0.25, -0.2) is 9.18 Å². The van der Waals surface area contributed by atoms with E-state index in [1.807, 2.05) is 0 Å². The second-order valence-corrected chi connectivity index (χ2v) is 9.40. The SMILES string of the molecule is CC(C)(CC[C@@H](O)COc1cc(/C=C/C(=O)O)cc(F)c1F)CC1Cc2ccccc2C1. The molecule has 1 aliphatic rings. The molecule has 2 aromatic rings. The Balaban J connectivity index is 1.49. The lowest BCUT2D eigenvalue weighted by Gasteiger charge is -2.29. The molecule has 0 fully saturated rings. The number of fused-ring (bicyclic) bond motifs is 1. The van der Waals surface area contributed by atoms with Crippen LogP contribution in [0.2, 0.25) is 0 Å². The Kier molecular flexibility index (Phi) is 7.67. The van der Waals surface area contributed by atoms with E-state index < -0.39 is 23.7 Å². The molecule has 0 unspecified atom stereocenters. The van der Waals surface area contributed by atoms with E-state index in [9.17, 15) is 18.7 Å². The zero-order chi connectivity index (χ0) is 23.3. The molecule has 3 rings (SSSR count). The Morgan fingerprint density at radius 3 is 2.50 bits per heavy atom. The molecule has 4 nitrogen and oxygen atoms in total. The van der Waals surface area contributed by atoms with Crippen LogP contribution in [0.1, 0.15) is 49.8 Å². The number of aliphatic carboxylic acids is 1. The van der Waals surface area contributed by atoms with Gasteiger partial charge in [0.05, 0.1) is 6.10 Å². The molecule has 1 atom stereocenters. The van der Waals surface area contributed by atoms with Crippen LogP contribution in [0, 0.1) is 23.0 Å². The van der Waals surface area contributed by atoms with Gasteiger partial charge in [-0.05, 0) is 78.3 Å². The molecule has 0 radical (unpaired) electrons. The number of rotatable bonds is 10. The molecule has 6 heteroatoms. The topological polar surface area (TPSA) is 66.8 Å². The fraction of sp³-hybridized carbons (Fsp3) is 0.423. The van der Waals surface area contributed by atoms with Gasteiger partial charge in [0.1, 0.15) is 6.61 Å². The summed E-state index contributed by atoms with van der Waals surface area (Å²) in [6.45, 7) is 4.21. The van der Waals surface area contributed by atoms with Crippen LogP contribution in [-0.2, 0) is 17.6 Å². The number of aliphatic hydroxyl groups is 1. The second-order valence-electron chi connectivity index (χ2n) is 9.40. The molecule has 0 aliphatic heterocycles. The Morgan fingerprint density at radius 1 is 1.22 bits per heavy atom. The molecule has 0 saturated heterocycles. The predicted octanol–water partition coefficient (Wildman–Crippen LogP) is 5.41. The first-order valence-electron chi connectivity index (χ1n) is 10.9. The van der Waals surface area contributed by atoms with Gasteiger partial charge >= 0.3 is 5.97 Å². The first-order chi connectivity index (χ1) is 15.1. The van der Waals surface area contributed by atoms with Crippen LogP contribution in [0.5, 0.6) is 5.75 Å². The minimum atomic E-state index is -1.20. The number of halogens is 2. The largest absolute Gasteiger partial charge is 0.488 e. The Bertz CT molecular complexity index is 959. The van der Waals surface area contributed by atoms with Gasteiger partial charge in [-0.1, -0.05) is 38.1 Å². The summed E-state index contributed by atoms with van der Waals surface area (Å²) < 4.78 is 33.1. The van der Waals surface area contributed by atoms with Crippen LogP contribution in [0.25, 0.3) is 6.08 Å². The highest BCUT2D eigenvalue weighted by atomic mass is 19.2. The number of carboxylic acids is 1. The maximum absolute atomic E-state index is 14.0. The summed E-state index contributed by atoms with van der Waals surface area (Å²) in [5, 5.41) is 19.0. The molecule has 0 heterocycles. The first kappa shape index (κ1) is 23.9. The van der Waals surface area contributed by atoms with Gasteiger partial charge in [0.25, 0.3) is 0 Å². The van der Waals surface area contributed by atoms with E-state index >= 15 is 0 Å². The maximum atomic E-state index is 14.0. The maximum Gasteiger partial charge on any atom is 0.328 e. The van der Waals surface area contributed by atoms with Crippen molar-refractivity contribution in [2.24, 2.45) is 11.3 Å². The van der Waals surface area contributed by atoms with Gasteiger partial charge in [-0.3, -0.25) is 0 Å². The van der Waals surface area contributed by atoms with Gasteiger partial charge in [-0.2, -0.15) is 4.39 Å². The summed E-state index contributed by atoms with van der Waals surface area (Å²) in [7, 11) is 0. The molecule has 32 heavy (non-hydrogen) atoms. The minimum absolute atomic E-state index is 0.0343. The second kappa shape index (κ2) is 10.3. The summed E-state index contributed by atoms with van der Waals surface area (Å²) in [6, 6.07) is 10.6. The number of hydrogen-bond acceptors (Lipinski definition) is 3. The fourth-order valence-electron chi connectivity index (χ4n) is 4.46. The van der Waals surface area contributed by atoms with Crippen molar-refractivity contribution in [3.05, 3.63) is 70.8 Å². The van der Waals surface area contributed by atoms with Crippen molar-refractivity contribution in [1.82, 2.24) is 0 Å². The van der Waals surface area contributed by atoms with Gasteiger partial charge in [0.15, 0.2) is 11.6 Å². The highest BCUT2D eigenvalue weighted by Gasteiger charge is 2.28. The van der Waals surface area contributed by atoms with Crippen molar-refractivity contribution in [3.8, 4) is 5.75 Å². The average molecular weight is 445 g/mol. The van der Waals surface area contributed by atoms with E-state index in [-0.39, 0.29) is 23.3 Å². The fourth-order valence-corrected chi connectivity index (χ4v) is 4.46. The summed E-state index contributed by atoms with van der Waals surface area (Å²) in [4.78, 5) is 10.6. The molecule has 0 saturated carbocycles. The normalized spacial score (nSPS) is 15.2. The molecule has 0 aromatic heterocycles. The molecule has 1 aliphatic carbocycles. The molecular formula is C26H30F2O4. The number of carbonyl (C=O) groups is 1. The molecule has 2 aromatic carbocycles. The minimum Gasteiger partial charge on any atom is -0.488 e. The number of benzene rings is 2. The first-order valence-corrected chi connectivity index (χ1v) is 10.9. The molecule has 0 amide bonds. The van der Waals surface area contributed by atoms with E-state index in [0.29, 0.717) is 12.3 Å². The van der Waals surface area contributed by atoms with Gasteiger partial charge in [0, 0.05) is 6.08 Å². The van der Waals surface area contributed by atoms with Crippen molar-refractivity contribution in [2.75, 3.05) is 6.61 Å². The third-order valence-corrected chi connectivity index (χ3v) is 6.00. The summed E-state index contributed by atoms with van der Waals surface area (Å²) in [5.74, 6) is -3.25. The van der Waals surface area contributed by atoms with Crippen molar-refractivity contribution in [2.45, 2.75) is 52.1 Å². The standard InChI is InChI=1S/C26H30F2O4/c1-26(2,15-18-11-19-5-3-4-6-20(19)12-18)10-9-21(29)16-32-23-14-17(7-8-24(30)31)13-22(27)25(23)28/h3-8,13-14,18,21,29H,9-12,15-16H2,1-2H3,(H,30,31)/b8-7+/t21-/m1/s1. The predicted molar refractivity (Wildman–Crippen MR) is 120 cm³/mol. The van der Waals surface area contributed by atoms with Gasteiger partial charge in [-0.15, -0.1) is 0 Å². The Morgan fingerprint density at radius 2 is 1.88 bits per heavy atom. The lowest BCUT2D eigenvalue weighted by molar-refractivity contribution is -0.131. The van der Waals surface area contributed by atoms with E-state index in [0.717, 1.165) is 43.9 Å². The van der Waals surface area contributed by atoms with Crippen molar-refractivity contribution in [1.29, 1.82) is 0 Å². The molecule has 2 N–H and O–H groups in total. The zero-order valence-electron chi connectivity index (χ0n) is 18.5. The number of hydrogen-bond donors (Lipinski definition) is 2. The Hall–Kier alpha value is -2.73. The van der Waals surface area contributed by atoms with Crippen LogP contribution in [-0.4, -0.2) is 28.9 Å². The average Bonchev–Trinajstić information content (AvgIpc) is 3.13. The van der Waals surface area contributed by atoms with Crippen LogP contribution in [0.4, 0.5) is 8.78 Å². The third-order valence-electron chi connectivity index (χ3n) is 6.00. The lowest BCUT2D eigenvalue weighted by atomic mass is 9.78. The van der Waals surface area contributed by atoms with E-state index in [2.05, 4.69) is 38.1 Å². The summed E-state index contributed by atoms with van der Waals surface area (Å²) >= 11 is 0. The quantitative estimate of drug-likeness (QED) is 0.481. The van der Waals surface area contributed by atoms with E-state index in [4.69, 9.17) is 9.84 Å². The summed E-state index contributed by atoms with van der Waals surface area (Å²) in [6.07, 6.45) is 5.64. The van der Waals surface area contributed by atoms with Crippen LogP contribution < -0.4 is 4.74 Å². The smallest absolute Gasteiger partial charge is 0.328 e. The zero-order valence-corrected chi connectivity index (χ0v) is 18.5. The van der Waals surface area contributed by atoms with E-state index in [1.165, 1.54) is 17.2 Å². The number of carboxylic acid groups (broad SMARTS) is 1. The number of aliphatic hydroxyl groups excluding tert-OH is 1. The van der Waals surface area contributed by atoms with Gasteiger partial charge < -0.3 is 14.9 Å². The van der Waals surface area contributed by atoms with Crippen molar-refractivity contribution < 1.29 is 28.5 Å². The van der Waals surface area contributed by atoms with Crippen LogP contribution >= 0.6 is 0 Å². The Labute approximate surface area is 187 Å².